The van der Waals surface area contributed by atoms with Gasteiger partial charge in [-0.05, 0) is 31.2 Å². The van der Waals surface area contributed by atoms with Gasteiger partial charge in [-0.2, -0.15) is 0 Å². The van der Waals surface area contributed by atoms with Crippen molar-refractivity contribution in [2.24, 2.45) is 4.99 Å². The quantitative estimate of drug-likeness (QED) is 0.788. The molecule has 2 aromatic rings. The SMILES string of the molecule is C=CCN1C(=O)/C(=N\c2ccccc2)c2cc(C)ccc21. The Morgan fingerprint density at radius 3 is 2.67 bits per heavy atom. The molecule has 1 heterocycles. The fourth-order valence-corrected chi connectivity index (χ4v) is 2.48. The zero-order valence-electron chi connectivity index (χ0n) is 11.9. The number of fused-ring (bicyclic) bond motifs is 1. The molecule has 21 heavy (non-hydrogen) atoms. The van der Waals surface area contributed by atoms with Crippen LogP contribution in [-0.4, -0.2) is 18.2 Å². The standard InChI is InChI=1S/C18H16N2O/c1-3-11-20-16-10-9-13(2)12-15(16)17(18(20)21)19-14-7-5-4-6-8-14/h3-10,12H,1,11H2,2H3/b19-17-. The second-order valence-corrected chi connectivity index (χ2v) is 5.02. The van der Waals surface area contributed by atoms with E-state index < -0.39 is 0 Å². The van der Waals surface area contributed by atoms with E-state index in [1.54, 1.807) is 11.0 Å². The Labute approximate surface area is 124 Å². The van der Waals surface area contributed by atoms with Gasteiger partial charge in [-0.25, -0.2) is 4.99 Å². The monoisotopic (exact) mass is 276 g/mol. The van der Waals surface area contributed by atoms with Crippen molar-refractivity contribution in [1.82, 2.24) is 0 Å². The van der Waals surface area contributed by atoms with Gasteiger partial charge in [-0.1, -0.05) is 35.9 Å². The smallest absolute Gasteiger partial charge is 0.277 e. The van der Waals surface area contributed by atoms with Crippen LogP contribution in [0.5, 0.6) is 0 Å². The zero-order chi connectivity index (χ0) is 14.8. The van der Waals surface area contributed by atoms with Crippen molar-refractivity contribution in [2.45, 2.75) is 6.92 Å². The van der Waals surface area contributed by atoms with E-state index in [1.165, 1.54) is 0 Å². The molecule has 0 bridgehead atoms. The van der Waals surface area contributed by atoms with E-state index in [0.29, 0.717) is 12.3 Å². The number of para-hydroxylation sites is 1. The summed E-state index contributed by atoms with van der Waals surface area (Å²) in [6, 6.07) is 15.5. The Hall–Kier alpha value is -2.68. The number of nitrogens with zero attached hydrogens (tertiary/aromatic N) is 2. The highest BCUT2D eigenvalue weighted by Crippen LogP contribution is 2.31. The van der Waals surface area contributed by atoms with Crippen molar-refractivity contribution in [3.63, 3.8) is 0 Å². The van der Waals surface area contributed by atoms with E-state index >= 15 is 0 Å². The van der Waals surface area contributed by atoms with Gasteiger partial charge >= 0.3 is 0 Å². The second kappa shape index (κ2) is 5.37. The van der Waals surface area contributed by atoms with Crippen LogP contribution in [0.25, 0.3) is 0 Å². The van der Waals surface area contributed by atoms with Crippen LogP contribution in [0, 0.1) is 6.92 Å². The normalized spacial score (nSPS) is 15.4. The third-order valence-electron chi connectivity index (χ3n) is 3.45. The Balaban J connectivity index is 2.14. The zero-order valence-corrected chi connectivity index (χ0v) is 11.9. The number of hydrogen-bond donors (Lipinski definition) is 0. The maximum atomic E-state index is 12.6. The number of hydrogen-bond acceptors (Lipinski definition) is 2. The minimum Gasteiger partial charge on any atom is -0.303 e. The summed E-state index contributed by atoms with van der Waals surface area (Å²) in [4.78, 5) is 18.9. The van der Waals surface area contributed by atoms with E-state index in [-0.39, 0.29) is 5.91 Å². The Bertz CT molecular complexity index is 732. The molecular formula is C18H16N2O. The lowest BCUT2D eigenvalue weighted by Crippen LogP contribution is -2.30. The molecule has 0 N–H and O–H groups in total. The molecule has 1 aliphatic rings. The molecule has 0 aliphatic carbocycles. The molecule has 3 nitrogen and oxygen atoms in total. The lowest BCUT2D eigenvalue weighted by Gasteiger charge is -2.13. The fourth-order valence-electron chi connectivity index (χ4n) is 2.48. The van der Waals surface area contributed by atoms with Crippen molar-refractivity contribution < 1.29 is 4.79 Å². The third kappa shape index (κ3) is 2.38. The number of carbonyl (C=O) groups excluding carboxylic acids is 1. The first-order valence-electron chi connectivity index (χ1n) is 6.88. The molecule has 1 aliphatic heterocycles. The molecule has 2 aromatic carbocycles. The largest absolute Gasteiger partial charge is 0.303 e. The second-order valence-electron chi connectivity index (χ2n) is 5.02. The number of benzene rings is 2. The number of rotatable bonds is 3. The van der Waals surface area contributed by atoms with Crippen LogP contribution in [0.1, 0.15) is 11.1 Å². The third-order valence-corrected chi connectivity index (χ3v) is 3.45. The molecule has 0 atom stereocenters. The Morgan fingerprint density at radius 2 is 1.95 bits per heavy atom. The van der Waals surface area contributed by atoms with Crippen molar-refractivity contribution >= 4 is 23.0 Å². The number of anilines is 1. The molecule has 0 fully saturated rings. The molecule has 0 radical (unpaired) electrons. The minimum absolute atomic E-state index is 0.0700. The van der Waals surface area contributed by atoms with Crippen LogP contribution in [0.4, 0.5) is 11.4 Å². The summed E-state index contributed by atoms with van der Waals surface area (Å²) < 4.78 is 0. The van der Waals surface area contributed by atoms with E-state index in [4.69, 9.17) is 0 Å². The van der Waals surface area contributed by atoms with Gasteiger partial charge in [-0.3, -0.25) is 4.79 Å². The predicted octanol–water partition coefficient (Wildman–Crippen LogP) is 3.65. The molecule has 0 unspecified atom stereocenters. The number of aryl methyl sites for hydroxylation is 1. The topological polar surface area (TPSA) is 32.7 Å². The summed E-state index contributed by atoms with van der Waals surface area (Å²) in [5.74, 6) is -0.0700. The van der Waals surface area contributed by atoms with Crippen LogP contribution in [-0.2, 0) is 4.79 Å². The van der Waals surface area contributed by atoms with Gasteiger partial charge in [-0.15, -0.1) is 6.58 Å². The first kappa shape index (κ1) is 13.3. The lowest BCUT2D eigenvalue weighted by atomic mass is 10.1. The highest BCUT2D eigenvalue weighted by molar-refractivity contribution is 6.54. The first-order chi connectivity index (χ1) is 10.2. The van der Waals surface area contributed by atoms with Gasteiger partial charge in [0.1, 0.15) is 5.71 Å². The van der Waals surface area contributed by atoms with E-state index in [1.807, 2.05) is 55.5 Å². The summed E-state index contributed by atoms with van der Waals surface area (Å²) in [6.07, 6.45) is 1.73. The van der Waals surface area contributed by atoms with Crippen molar-refractivity contribution in [3.05, 3.63) is 72.3 Å². The van der Waals surface area contributed by atoms with Crippen molar-refractivity contribution in [2.75, 3.05) is 11.4 Å². The molecule has 0 aromatic heterocycles. The van der Waals surface area contributed by atoms with Gasteiger partial charge in [0.25, 0.3) is 5.91 Å². The van der Waals surface area contributed by atoms with Crippen LogP contribution in [0.15, 0.2) is 66.2 Å². The predicted molar refractivity (Wildman–Crippen MR) is 86.4 cm³/mol. The summed E-state index contributed by atoms with van der Waals surface area (Å²) >= 11 is 0. The van der Waals surface area contributed by atoms with Gasteiger partial charge in [0.2, 0.25) is 0 Å². The van der Waals surface area contributed by atoms with Crippen LogP contribution >= 0.6 is 0 Å². The molecule has 3 rings (SSSR count). The molecule has 0 saturated heterocycles. The van der Waals surface area contributed by atoms with Crippen molar-refractivity contribution in [3.8, 4) is 0 Å². The average molecular weight is 276 g/mol. The van der Waals surface area contributed by atoms with Gasteiger partial charge in [0.15, 0.2) is 0 Å². The van der Waals surface area contributed by atoms with Crippen molar-refractivity contribution in [1.29, 1.82) is 0 Å². The maximum Gasteiger partial charge on any atom is 0.277 e. The van der Waals surface area contributed by atoms with Crippen LogP contribution in [0.2, 0.25) is 0 Å². The summed E-state index contributed by atoms with van der Waals surface area (Å²) in [7, 11) is 0. The Kier molecular flexibility index (Phi) is 3.40. The Morgan fingerprint density at radius 1 is 1.19 bits per heavy atom. The molecule has 1 amide bonds. The number of amides is 1. The van der Waals surface area contributed by atoms with E-state index in [9.17, 15) is 4.79 Å². The summed E-state index contributed by atoms with van der Waals surface area (Å²) in [6.45, 7) is 6.23. The molecule has 0 saturated carbocycles. The van der Waals surface area contributed by atoms with Crippen LogP contribution in [0.3, 0.4) is 0 Å². The summed E-state index contributed by atoms with van der Waals surface area (Å²) in [5.41, 5.74) is 4.20. The molecule has 104 valence electrons. The molecule has 3 heteroatoms. The van der Waals surface area contributed by atoms with Crippen LogP contribution < -0.4 is 4.90 Å². The highest BCUT2D eigenvalue weighted by Gasteiger charge is 2.33. The van der Waals surface area contributed by atoms with Gasteiger partial charge in [0.05, 0.1) is 11.4 Å². The lowest BCUT2D eigenvalue weighted by molar-refractivity contribution is -0.112. The summed E-state index contributed by atoms with van der Waals surface area (Å²) in [5, 5.41) is 0. The van der Waals surface area contributed by atoms with Gasteiger partial charge in [0, 0.05) is 12.1 Å². The minimum atomic E-state index is -0.0700. The first-order valence-corrected chi connectivity index (χ1v) is 6.88. The molecule has 0 spiro atoms. The molecular weight excluding hydrogens is 260 g/mol. The number of carbonyl (C=O) groups is 1. The average Bonchev–Trinajstić information content (AvgIpc) is 2.74. The maximum absolute atomic E-state index is 12.6. The van der Waals surface area contributed by atoms with E-state index in [2.05, 4.69) is 11.6 Å². The van der Waals surface area contributed by atoms with Gasteiger partial charge < -0.3 is 4.90 Å². The highest BCUT2D eigenvalue weighted by atomic mass is 16.2. The number of aliphatic imine (C=N–C) groups is 1. The fraction of sp³-hybridized carbons (Fsp3) is 0.111. The van der Waals surface area contributed by atoms with E-state index in [0.717, 1.165) is 22.5 Å².